The lowest BCUT2D eigenvalue weighted by Gasteiger charge is -2.06. The smallest absolute Gasteiger partial charge is 0.193 e. The Morgan fingerprint density at radius 3 is 2.11 bits per heavy atom. The molecule has 0 N–H and O–H groups in total. The van der Waals surface area contributed by atoms with E-state index in [-0.39, 0.29) is 11.3 Å². The SMILES string of the molecule is Cc1ccc(C(=O)c2cc(F)cc(F)c2)c(C)c1. The normalized spacial score (nSPS) is 10.4. The number of halogens is 2. The van der Waals surface area contributed by atoms with E-state index in [1.54, 1.807) is 19.1 Å². The standard InChI is InChI=1S/C15H12F2O/c1-9-3-4-14(10(2)5-9)15(18)11-6-12(16)8-13(17)7-11/h3-8H,1-2H3. The summed E-state index contributed by atoms with van der Waals surface area (Å²) < 4.78 is 26.2. The highest BCUT2D eigenvalue weighted by molar-refractivity contribution is 6.09. The lowest BCUT2D eigenvalue weighted by atomic mass is 9.97. The first kappa shape index (κ1) is 12.4. The van der Waals surface area contributed by atoms with E-state index >= 15 is 0 Å². The van der Waals surface area contributed by atoms with Gasteiger partial charge in [-0.3, -0.25) is 4.79 Å². The van der Waals surface area contributed by atoms with Crippen molar-refractivity contribution in [3.8, 4) is 0 Å². The number of rotatable bonds is 2. The van der Waals surface area contributed by atoms with Gasteiger partial charge in [-0.25, -0.2) is 8.78 Å². The molecular weight excluding hydrogens is 234 g/mol. The van der Waals surface area contributed by atoms with Gasteiger partial charge in [-0.1, -0.05) is 23.8 Å². The van der Waals surface area contributed by atoms with Gasteiger partial charge in [0.1, 0.15) is 11.6 Å². The van der Waals surface area contributed by atoms with Crippen LogP contribution in [-0.2, 0) is 0 Å². The monoisotopic (exact) mass is 246 g/mol. The molecule has 0 bridgehead atoms. The zero-order valence-corrected chi connectivity index (χ0v) is 10.1. The maximum atomic E-state index is 13.1. The molecule has 0 atom stereocenters. The fourth-order valence-corrected chi connectivity index (χ4v) is 1.91. The summed E-state index contributed by atoms with van der Waals surface area (Å²) in [5.74, 6) is -1.86. The number of ketones is 1. The van der Waals surface area contributed by atoms with Crippen LogP contribution in [0.1, 0.15) is 27.0 Å². The van der Waals surface area contributed by atoms with Crippen LogP contribution < -0.4 is 0 Å². The molecule has 0 radical (unpaired) electrons. The predicted molar refractivity (Wildman–Crippen MR) is 65.7 cm³/mol. The van der Waals surface area contributed by atoms with Crippen LogP contribution in [0.2, 0.25) is 0 Å². The maximum Gasteiger partial charge on any atom is 0.193 e. The second kappa shape index (κ2) is 4.69. The van der Waals surface area contributed by atoms with Crippen molar-refractivity contribution in [1.82, 2.24) is 0 Å². The highest BCUT2D eigenvalue weighted by Gasteiger charge is 2.13. The molecular formula is C15H12F2O. The summed E-state index contributed by atoms with van der Waals surface area (Å²) in [4.78, 5) is 12.1. The van der Waals surface area contributed by atoms with Crippen LogP contribution in [0.15, 0.2) is 36.4 Å². The first-order valence-corrected chi connectivity index (χ1v) is 5.55. The van der Waals surface area contributed by atoms with E-state index in [2.05, 4.69) is 0 Å². The minimum Gasteiger partial charge on any atom is -0.289 e. The van der Waals surface area contributed by atoms with Gasteiger partial charge in [-0.2, -0.15) is 0 Å². The second-order valence-electron chi connectivity index (χ2n) is 4.31. The van der Waals surface area contributed by atoms with Gasteiger partial charge in [-0.05, 0) is 31.5 Å². The lowest BCUT2D eigenvalue weighted by Crippen LogP contribution is -2.05. The lowest BCUT2D eigenvalue weighted by molar-refractivity contribution is 0.103. The molecule has 0 aliphatic heterocycles. The van der Waals surface area contributed by atoms with Gasteiger partial charge in [0.25, 0.3) is 0 Å². The molecule has 2 aromatic rings. The van der Waals surface area contributed by atoms with Crippen LogP contribution in [0.4, 0.5) is 8.78 Å². The first-order valence-electron chi connectivity index (χ1n) is 5.55. The Morgan fingerprint density at radius 2 is 1.56 bits per heavy atom. The summed E-state index contributed by atoms with van der Waals surface area (Å²) in [5.41, 5.74) is 2.32. The average molecular weight is 246 g/mol. The quantitative estimate of drug-likeness (QED) is 0.736. The zero-order valence-electron chi connectivity index (χ0n) is 10.1. The molecule has 0 saturated heterocycles. The number of hydrogen-bond donors (Lipinski definition) is 0. The number of benzene rings is 2. The summed E-state index contributed by atoms with van der Waals surface area (Å²) in [5, 5.41) is 0. The van der Waals surface area contributed by atoms with Crippen LogP contribution in [-0.4, -0.2) is 5.78 Å². The molecule has 0 heterocycles. The van der Waals surface area contributed by atoms with E-state index < -0.39 is 11.6 Å². The molecule has 18 heavy (non-hydrogen) atoms. The van der Waals surface area contributed by atoms with Crippen LogP contribution >= 0.6 is 0 Å². The van der Waals surface area contributed by atoms with E-state index in [0.29, 0.717) is 5.56 Å². The minimum atomic E-state index is -0.747. The van der Waals surface area contributed by atoms with Crippen molar-refractivity contribution in [2.24, 2.45) is 0 Å². The van der Waals surface area contributed by atoms with E-state index in [1.165, 1.54) is 0 Å². The Hall–Kier alpha value is -2.03. The second-order valence-corrected chi connectivity index (χ2v) is 4.31. The number of carbonyl (C=O) groups excluding carboxylic acids is 1. The fraction of sp³-hybridized carbons (Fsp3) is 0.133. The molecule has 2 rings (SSSR count). The number of hydrogen-bond acceptors (Lipinski definition) is 1. The Bertz CT molecular complexity index is 598. The molecule has 0 fully saturated rings. The molecule has 0 aromatic heterocycles. The van der Waals surface area contributed by atoms with Crippen LogP contribution in [0.25, 0.3) is 0 Å². The molecule has 0 aliphatic carbocycles. The van der Waals surface area contributed by atoms with E-state index in [0.717, 1.165) is 29.3 Å². The van der Waals surface area contributed by atoms with Crippen molar-refractivity contribution >= 4 is 5.78 Å². The Morgan fingerprint density at radius 1 is 0.944 bits per heavy atom. The maximum absolute atomic E-state index is 13.1. The van der Waals surface area contributed by atoms with Gasteiger partial charge in [0.2, 0.25) is 0 Å². The molecule has 0 saturated carbocycles. The zero-order chi connectivity index (χ0) is 13.3. The van der Waals surface area contributed by atoms with Crippen molar-refractivity contribution in [2.75, 3.05) is 0 Å². The third kappa shape index (κ3) is 2.45. The van der Waals surface area contributed by atoms with E-state index in [9.17, 15) is 13.6 Å². The number of aryl methyl sites for hydroxylation is 2. The van der Waals surface area contributed by atoms with Gasteiger partial charge in [-0.15, -0.1) is 0 Å². The Labute approximate surface area is 104 Å². The molecule has 2 aromatic carbocycles. The molecule has 1 nitrogen and oxygen atoms in total. The van der Waals surface area contributed by atoms with Crippen LogP contribution in [0.3, 0.4) is 0 Å². The van der Waals surface area contributed by atoms with Crippen molar-refractivity contribution in [2.45, 2.75) is 13.8 Å². The van der Waals surface area contributed by atoms with E-state index in [4.69, 9.17) is 0 Å². The van der Waals surface area contributed by atoms with Crippen molar-refractivity contribution in [3.05, 3.63) is 70.3 Å². The van der Waals surface area contributed by atoms with Crippen molar-refractivity contribution in [3.63, 3.8) is 0 Å². The summed E-state index contributed by atoms with van der Waals surface area (Å²) in [6.07, 6.45) is 0. The summed E-state index contributed by atoms with van der Waals surface area (Å²) >= 11 is 0. The van der Waals surface area contributed by atoms with Gasteiger partial charge in [0.05, 0.1) is 0 Å². The highest BCUT2D eigenvalue weighted by Crippen LogP contribution is 2.17. The summed E-state index contributed by atoms with van der Waals surface area (Å²) in [6.45, 7) is 3.72. The topological polar surface area (TPSA) is 17.1 Å². The largest absolute Gasteiger partial charge is 0.289 e. The highest BCUT2D eigenvalue weighted by atomic mass is 19.1. The van der Waals surface area contributed by atoms with Crippen molar-refractivity contribution < 1.29 is 13.6 Å². The fourth-order valence-electron chi connectivity index (χ4n) is 1.91. The molecule has 0 amide bonds. The van der Waals surface area contributed by atoms with Crippen LogP contribution in [0, 0.1) is 25.5 Å². The van der Waals surface area contributed by atoms with Gasteiger partial charge in [0, 0.05) is 17.2 Å². The molecule has 0 unspecified atom stereocenters. The van der Waals surface area contributed by atoms with E-state index in [1.807, 2.05) is 13.0 Å². The third-order valence-corrected chi connectivity index (χ3v) is 2.75. The minimum absolute atomic E-state index is 0.0273. The molecule has 3 heteroatoms. The van der Waals surface area contributed by atoms with Gasteiger partial charge < -0.3 is 0 Å². The van der Waals surface area contributed by atoms with Crippen LogP contribution in [0.5, 0.6) is 0 Å². The first-order chi connectivity index (χ1) is 8.47. The Balaban J connectivity index is 2.47. The molecule has 0 spiro atoms. The molecule has 0 aliphatic rings. The number of carbonyl (C=O) groups is 1. The predicted octanol–water partition coefficient (Wildman–Crippen LogP) is 3.81. The van der Waals surface area contributed by atoms with Crippen molar-refractivity contribution in [1.29, 1.82) is 0 Å². The summed E-state index contributed by atoms with van der Waals surface area (Å²) in [7, 11) is 0. The van der Waals surface area contributed by atoms with Gasteiger partial charge >= 0.3 is 0 Å². The molecule has 92 valence electrons. The summed E-state index contributed by atoms with van der Waals surface area (Å²) in [6, 6.07) is 8.18. The Kier molecular flexibility index (Phi) is 3.24. The average Bonchev–Trinajstić information content (AvgIpc) is 2.26. The third-order valence-electron chi connectivity index (χ3n) is 2.75. The van der Waals surface area contributed by atoms with Gasteiger partial charge in [0.15, 0.2) is 5.78 Å².